The lowest BCUT2D eigenvalue weighted by molar-refractivity contribution is -0.142. The number of rotatable bonds is 5. The summed E-state index contributed by atoms with van der Waals surface area (Å²) < 4.78 is 74.9. The summed E-state index contributed by atoms with van der Waals surface area (Å²) in [7, 11) is 0. The van der Waals surface area contributed by atoms with Crippen LogP contribution in [-0.4, -0.2) is 21.5 Å². The van der Waals surface area contributed by atoms with Gasteiger partial charge in [0.25, 0.3) is 0 Å². The smallest absolute Gasteiger partial charge is 0.435 e. The lowest BCUT2D eigenvalue weighted by Crippen LogP contribution is -2.28. The second-order valence-corrected chi connectivity index (χ2v) is 7.46. The molecule has 2 rings (SSSR count). The third-order valence-corrected chi connectivity index (χ3v) is 3.70. The number of nitrogens with one attached hydrogen (secondary N) is 1. The van der Waals surface area contributed by atoms with Gasteiger partial charge in [-0.2, -0.15) is 18.3 Å². The van der Waals surface area contributed by atoms with Crippen LogP contribution in [0, 0.1) is 11.6 Å². The van der Waals surface area contributed by atoms with Crippen molar-refractivity contribution in [2.24, 2.45) is 0 Å². The van der Waals surface area contributed by atoms with E-state index in [9.17, 15) is 26.7 Å². The lowest BCUT2D eigenvalue weighted by Gasteiger charge is -2.20. The second kappa shape index (κ2) is 8.85. The van der Waals surface area contributed by atoms with Crippen molar-refractivity contribution in [1.29, 1.82) is 0 Å². The molecule has 5 nitrogen and oxygen atoms in total. The van der Waals surface area contributed by atoms with E-state index in [0.29, 0.717) is 17.2 Å². The van der Waals surface area contributed by atoms with Gasteiger partial charge in [-0.15, -0.1) is 0 Å². The summed E-state index contributed by atoms with van der Waals surface area (Å²) in [5, 5.41) is 5.60. The van der Waals surface area contributed by atoms with Gasteiger partial charge >= 0.3 is 12.3 Å². The summed E-state index contributed by atoms with van der Waals surface area (Å²) in [6, 6.07) is 1.38. The summed E-state index contributed by atoms with van der Waals surface area (Å²) in [6.45, 7) is 6.51. The Bertz CT molecular complexity index is 943. The van der Waals surface area contributed by atoms with E-state index in [0.717, 1.165) is 18.7 Å². The van der Waals surface area contributed by atoms with Gasteiger partial charge in [0.1, 0.15) is 17.1 Å². The van der Waals surface area contributed by atoms with Gasteiger partial charge < -0.3 is 4.74 Å². The molecular formula is C20H22F5N3O2. The monoisotopic (exact) mass is 431 g/mol. The SMILES string of the molecule is CCCC=Cc1cc(F)cc(F)c1-n1ncc(NC(=O)OC(C)(C)C)c1C(F)(F)F. The van der Waals surface area contributed by atoms with Crippen molar-refractivity contribution in [2.45, 2.75) is 52.3 Å². The zero-order valence-electron chi connectivity index (χ0n) is 16.9. The molecule has 0 saturated carbocycles. The molecule has 1 aromatic heterocycles. The molecule has 0 spiro atoms. The van der Waals surface area contributed by atoms with Crippen LogP contribution in [0.15, 0.2) is 24.4 Å². The molecule has 30 heavy (non-hydrogen) atoms. The number of carbonyl (C=O) groups is 1. The van der Waals surface area contributed by atoms with Gasteiger partial charge in [0.2, 0.25) is 0 Å². The minimum Gasteiger partial charge on any atom is -0.444 e. The zero-order valence-corrected chi connectivity index (χ0v) is 16.9. The molecule has 1 N–H and O–H groups in total. The van der Waals surface area contributed by atoms with E-state index in [2.05, 4.69) is 5.10 Å². The van der Waals surface area contributed by atoms with Crippen molar-refractivity contribution >= 4 is 17.9 Å². The van der Waals surface area contributed by atoms with Gasteiger partial charge in [0.05, 0.1) is 11.9 Å². The Labute approximate surface area is 170 Å². The van der Waals surface area contributed by atoms with Crippen molar-refractivity contribution < 1.29 is 31.5 Å². The number of unbranched alkanes of at least 4 members (excludes halogenated alkanes) is 1. The van der Waals surface area contributed by atoms with Crippen LogP contribution in [0.1, 0.15) is 51.8 Å². The summed E-state index contributed by atoms with van der Waals surface area (Å²) in [5.41, 5.74) is -3.81. The third kappa shape index (κ3) is 5.80. The highest BCUT2D eigenvalue weighted by molar-refractivity contribution is 5.85. The van der Waals surface area contributed by atoms with Crippen molar-refractivity contribution in [1.82, 2.24) is 9.78 Å². The number of aromatic nitrogens is 2. The number of nitrogens with zero attached hydrogens (tertiary/aromatic N) is 2. The van der Waals surface area contributed by atoms with E-state index < -0.39 is 46.6 Å². The normalized spacial score (nSPS) is 12.4. The van der Waals surface area contributed by atoms with Crippen LogP contribution in [0.5, 0.6) is 0 Å². The van der Waals surface area contributed by atoms with E-state index in [-0.39, 0.29) is 5.56 Å². The summed E-state index contributed by atoms with van der Waals surface area (Å²) in [5.74, 6) is -2.18. The number of hydrogen-bond donors (Lipinski definition) is 1. The van der Waals surface area contributed by atoms with Crippen LogP contribution in [-0.2, 0) is 10.9 Å². The van der Waals surface area contributed by atoms with E-state index in [1.54, 1.807) is 26.8 Å². The maximum Gasteiger partial charge on any atom is 0.435 e. The number of benzene rings is 1. The molecule has 0 radical (unpaired) electrons. The molecule has 0 fully saturated rings. The molecule has 0 aliphatic rings. The minimum atomic E-state index is -5.01. The topological polar surface area (TPSA) is 56.2 Å². The summed E-state index contributed by atoms with van der Waals surface area (Å²) in [6.07, 6.45) is -1.18. The predicted octanol–water partition coefficient (Wildman–Crippen LogP) is 6.33. The molecule has 0 saturated heterocycles. The van der Waals surface area contributed by atoms with E-state index in [1.165, 1.54) is 6.08 Å². The third-order valence-electron chi connectivity index (χ3n) is 3.70. The maximum atomic E-state index is 14.6. The molecular weight excluding hydrogens is 409 g/mol. The van der Waals surface area contributed by atoms with Crippen LogP contribution < -0.4 is 5.32 Å². The van der Waals surface area contributed by atoms with Crippen LogP contribution in [0.2, 0.25) is 0 Å². The lowest BCUT2D eigenvalue weighted by atomic mass is 10.1. The Morgan fingerprint density at radius 2 is 1.90 bits per heavy atom. The molecule has 0 aliphatic carbocycles. The molecule has 1 aromatic carbocycles. The van der Waals surface area contributed by atoms with Gasteiger partial charge in [0.15, 0.2) is 11.5 Å². The standard InChI is InChI=1S/C20H22F5N3O2/c1-5-6-7-8-12-9-13(21)10-14(22)16(12)28-17(20(23,24)25)15(11-26-28)27-18(29)30-19(2,3)4/h7-11H,5-6H2,1-4H3,(H,27,29). The van der Waals surface area contributed by atoms with E-state index in [4.69, 9.17) is 4.74 Å². The number of anilines is 1. The average Bonchev–Trinajstić information content (AvgIpc) is 2.95. The number of ether oxygens (including phenoxy) is 1. The fraction of sp³-hybridized carbons (Fsp3) is 0.400. The van der Waals surface area contributed by atoms with Crippen LogP contribution >= 0.6 is 0 Å². The van der Waals surface area contributed by atoms with E-state index >= 15 is 0 Å². The highest BCUT2D eigenvalue weighted by Crippen LogP contribution is 2.38. The number of carbonyl (C=O) groups excluding carboxylic acids is 1. The zero-order chi connectivity index (χ0) is 22.7. The van der Waals surface area contributed by atoms with Gasteiger partial charge in [-0.3, -0.25) is 5.32 Å². The Morgan fingerprint density at radius 3 is 2.47 bits per heavy atom. The fourth-order valence-corrected chi connectivity index (χ4v) is 2.61. The Morgan fingerprint density at radius 1 is 1.23 bits per heavy atom. The number of halogens is 5. The number of alkyl halides is 3. The highest BCUT2D eigenvalue weighted by atomic mass is 19.4. The number of amides is 1. The Balaban J connectivity index is 2.61. The number of allylic oxidation sites excluding steroid dienone is 1. The summed E-state index contributed by atoms with van der Waals surface area (Å²) >= 11 is 0. The quantitative estimate of drug-likeness (QED) is 0.563. The molecule has 1 amide bonds. The molecule has 0 unspecified atom stereocenters. The van der Waals surface area contributed by atoms with Crippen LogP contribution in [0.25, 0.3) is 11.8 Å². The van der Waals surface area contributed by atoms with Crippen LogP contribution in [0.3, 0.4) is 0 Å². The molecule has 164 valence electrons. The Kier molecular flexibility index (Phi) is 6.89. The minimum absolute atomic E-state index is 0.127. The van der Waals surface area contributed by atoms with Crippen LogP contribution in [0.4, 0.5) is 32.4 Å². The fourth-order valence-electron chi connectivity index (χ4n) is 2.61. The first-order valence-corrected chi connectivity index (χ1v) is 9.14. The van der Waals surface area contributed by atoms with Gasteiger partial charge in [-0.1, -0.05) is 25.5 Å². The number of hydrogen-bond acceptors (Lipinski definition) is 3. The molecule has 0 atom stereocenters. The molecule has 0 bridgehead atoms. The first kappa shape index (κ1) is 23.4. The van der Waals surface area contributed by atoms with Gasteiger partial charge in [-0.25, -0.2) is 18.3 Å². The predicted molar refractivity (Wildman–Crippen MR) is 102 cm³/mol. The Hall–Kier alpha value is -2.91. The molecule has 10 heteroatoms. The highest BCUT2D eigenvalue weighted by Gasteiger charge is 2.40. The summed E-state index contributed by atoms with van der Waals surface area (Å²) in [4.78, 5) is 11.9. The van der Waals surface area contributed by atoms with Gasteiger partial charge in [-0.05, 0) is 33.3 Å². The molecule has 2 aromatic rings. The van der Waals surface area contributed by atoms with E-state index in [1.807, 2.05) is 12.2 Å². The first-order chi connectivity index (χ1) is 13.8. The van der Waals surface area contributed by atoms with Crippen molar-refractivity contribution in [3.8, 4) is 5.69 Å². The second-order valence-electron chi connectivity index (χ2n) is 7.46. The average molecular weight is 431 g/mol. The van der Waals surface area contributed by atoms with Crippen molar-refractivity contribution in [2.75, 3.05) is 5.32 Å². The van der Waals surface area contributed by atoms with Crippen molar-refractivity contribution in [3.05, 3.63) is 47.3 Å². The largest absolute Gasteiger partial charge is 0.444 e. The van der Waals surface area contributed by atoms with Gasteiger partial charge in [0, 0.05) is 11.6 Å². The molecule has 0 aliphatic heterocycles. The molecule has 1 heterocycles. The maximum absolute atomic E-state index is 14.6. The van der Waals surface area contributed by atoms with Crippen molar-refractivity contribution in [3.63, 3.8) is 0 Å². The first-order valence-electron chi connectivity index (χ1n) is 9.14.